The fraction of sp³-hybridized carbons (Fsp3) is 0.632. The molecule has 1 amide bonds. The summed E-state index contributed by atoms with van der Waals surface area (Å²) < 4.78 is 0. The van der Waals surface area contributed by atoms with Gasteiger partial charge in [-0.15, -0.1) is 0 Å². The van der Waals surface area contributed by atoms with Crippen molar-refractivity contribution in [2.24, 2.45) is 11.8 Å². The number of rotatable bonds is 4. The van der Waals surface area contributed by atoms with E-state index in [1.54, 1.807) is 12.3 Å². The van der Waals surface area contributed by atoms with Gasteiger partial charge in [-0.2, -0.15) is 5.26 Å². The minimum Gasteiger partial charge on any atom is -0.356 e. The van der Waals surface area contributed by atoms with Crippen LogP contribution in [0.1, 0.15) is 50.5 Å². The minimum atomic E-state index is 0.241. The highest BCUT2D eigenvalue weighted by molar-refractivity contribution is 5.78. The van der Waals surface area contributed by atoms with E-state index < -0.39 is 0 Å². The number of anilines is 1. The number of piperidine rings is 1. The SMILES string of the molecule is N#Cc1cccnc1N1CCC(CNC(=O)C2CCCCC2)CC1. The zero-order valence-electron chi connectivity index (χ0n) is 14.2. The standard InChI is InChI=1S/C19H26N4O/c20-13-17-7-4-10-21-18(17)23-11-8-15(9-12-23)14-22-19(24)16-5-2-1-3-6-16/h4,7,10,15-16H,1-3,5-6,8-9,11-12,14H2,(H,22,24). The molecule has 2 heterocycles. The molecular formula is C19H26N4O. The molecule has 1 saturated carbocycles. The fourth-order valence-corrected chi connectivity index (χ4v) is 3.84. The summed E-state index contributed by atoms with van der Waals surface area (Å²) in [4.78, 5) is 18.8. The highest BCUT2D eigenvalue weighted by Gasteiger charge is 2.24. The average molecular weight is 326 g/mol. The summed E-state index contributed by atoms with van der Waals surface area (Å²) in [5, 5.41) is 12.4. The predicted octanol–water partition coefficient (Wildman–Crippen LogP) is 2.87. The second kappa shape index (κ2) is 8.14. The van der Waals surface area contributed by atoms with Gasteiger partial charge in [0, 0.05) is 31.7 Å². The Kier molecular flexibility index (Phi) is 5.68. The van der Waals surface area contributed by atoms with E-state index in [1.165, 1.54) is 19.3 Å². The topological polar surface area (TPSA) is 69.0 Å². The van der Waals surface area contributed by atoms with E-state index in [4.69, 9.17) is 0 Å². The Bertz CT molecular complexity index is 596. The molecule has 128 valence electrons. The second-order valence-electron chi connectivity index (χ2n) is 7.00. The maximum absolute atomic E-state index is 12.2. The summed E-state index contributed by atoms with van der Waals surface area (Å²) in [6.45, 7) is 2.59. The van der Waals surface area contributed by atoms with Crippen molar-refractivity contribution in [3.63, 3.8) is 0 Å². The quantitative estimate of drug-likeness (QED) is 0.924. The molecule has 5 nitrogen and oxygen atoms in total. The number of amides is 1. The van der Waals surface area contributed by atoms with Gasteiger partial charge >= 0.3 is 0 Å². The van der Waals surface area contributed by atoms with Gasteiger partial charge in [0.05, 0.1) is 5.56 Å². The van der Waals surface area contributed by atoms with Crippen LogP contribution >= 0.6 is 0 Å². The van der Waals surface area contributed by atoms with E-state index in [1.807, 2.05) is 6.07 Å². The number of carbonyl (C=O) groups is 1. The maximum atomic E-state index is 12.2. The highest BCUT2D eigenvalue weighted by Crippen LogP contribution is 2.25. The first-order valence-corrected chi connectivity index (χ1v) is 9.15. The Morgan fingerprint density at radius 3 is 2.71 bits per heavy atom. The van der Waals surface area contributed by atoms with Crippen LogP contribution in [0.25, 0.3) is 0 Å². The minimum absolute atomic E-state index is 0.241. The molecule has 0 aromatic carbocycles. The van der Waals surface area contributed by atoms with Crippen molar-refractivity contribution in [3.05, 3.63) is 23.9 Å². The largest absolute Gasteiger partial charge is 0.356 e. The first-order chi connectivity index (χ1) is 11.8. The summed E-state index contributed by atoms with van der Waals surface area (Å²) in [6.07, 6.45) is 9.59. The van der Waals surface area contributed by atoms with Gasteiger partial charge in [0.15, 0.2) is 0 Å². The summed E-state index contributed by atoms with van der Waals surface area (Å²) >= 11 is 0. The van der Waals surface area contributed by atoms with Crippen LogP contribution in [0, 0.1) is 23.2 Å². The van der Waals surface area contributed by atoms with E-state index >= 15 is 0 Å². The van der Waals surface area contributed by atoms with Gasteiger partial charge in [-0.05, 0) is 43.7 Å². The van der Waals surface area contributed by atoms with Crippen LogP contribution in [0.4, 0.5) is 5.82 Å². The Labute approximate surface area is 144 Å². The van der Waals surface area contributed by atoms with Crippen LogP contribution in [0.5, 0.6) is 0 Å². The number of carbonyl (C=O) groups excluding carboxylic acids is 1. The van der Waals surface area contributed by atoms with E-state index in [-0.39, 0.29) is 11.8 Å². The number of hydrogen-bond donors (Lipinski definition) is 1. The summed E-state index contributed by atoms with van der Waals surface area (Å²) in [7, 11) is 0. The van der Waals surface area contributed by atoms with Crippen molar-refractivity contribution in [2.75, 3.05) is 24.5 Å². The molecule has 1 aliphatic heterocycles. The normalized spacial score (nSPS) is 19.7. The van der Waals surface area contributed by atoms with Crippen molar-refractivity contribution >= 4 is 11.7 Å². The second-order valence-corrected chi connectivity index (χ2v) is 7.00. The Balaban J connectivity index is 1.45. The highest BCUT2D eigenvalue weighted by atomic mass is 16.1. The lowest BCUT2D eigenvalue weighted by molar-refractivity contribution is -0.126. The number of pyridine rings is 1. The van der Waals surface area contributed by atoms with Gasteiger partial charge in [0.1, 0.15) is 11.9 Å². The third-order valence-electron chi connectivity index (χ3n) is 5.36. The lowest BCUT2D eigenvalue weighted by Crippen LogP contribution is -2.41. The van der Waals surface area contributed by atoms with Crippen molar-refractivity contribution in [1.29, 1.82) is 5.26 Å². The molecule has 1 saturated heterocycles. The van der Waals surface area contributed by atoms with Crippen molar-refractivity contribution in [2.45, 2.75) is 44.9 Å². The number of nitriles is 1. The summed E-state index contributed by atoms with van der Waals surface area (Å²) in [6, 6.07) is 5.84. The van der Waals surface area contributed by atoms with Gasteiger partial charge in [0.25, 0.3) is 0 Å². The zero-order valence-corrected chi connectivity index (χ0v) is 14.2. The van der Waals surface area contributed by atoms with E-state index in [0.29, 0.717) is 11.5 Å². The van der Waals surface area contributed by atoms with Crippen LogP contribution in [0.15, 0.2) is 18.3 Å². The van der Waals surface area contributed by atoms with Crippen LogP contribution in [0.3, 0.4) is 0 Å². The van der Waals surface area contributed by atoms with E-state index in [0.717, 1.165) is 51.1 Å². The monoisotopic (exact) mass is 326 g/mol. The van der Waals surface area contributed by atoms with Crippen molar-refractivity contribution in [1.82, 2.24) is 10.3 Å². The summed E-state index contributed by atoms with van der Waals surface area (Å²) in [5.74, 6) is 1.83. The Morgan fingerprint density at radius 2 is 2.00 bits per heavy atom. The molecule has 1 N–H and O–H groups in total. The molecule has 2 aliphatic rings. The lowest BCUT2D eigenvalue weighted by Gasteiger charge is -2.33. The molecule has 24 heavy (non-hydrogen) atoms. The molecule has 2 fully saturated rings. The molecule has 5 heteroatoms. The zero-order chi connectivity index (χ0) is 16.8. The Morgan fingerprint density at radius 1 is 1.25 bits per heavy atom. The maximum Gasteiger partial charge on any atom is 0.223 e. The first kappa shape index (κ1) is 16.8. The third-order valence-corrected chi connectivity index (χ3v) is 5.36. The molecule has 0 bridgehead atoms. The van der Waals surface area contributed by atoms with E-state index in [9.17, 15) is 10.1 Å². The predicted molar refractivity (Wildman–Crippen MR) is 93.5 cm³/mol. The molecular weight excluding hydrogens is 300 g/mol. The van der Waals surface area contributed by atoms with Crippen LogP contribution in [-0.2, 0) is 4.79 Å². The molecule has 3 rings (SSSR count). The van der Waals surface area contributed by atoms with Crippen LogP contribution < -0.4 is 10.2 Å². The molecule has 1 aromatic heterocycles. The number of nitrogens with zero attached hydrogens (tertiary/aromatic N) is 3. The van der Waals surface area contributed by atoms with E-state index in [2.05, 4.69) is 21.3 Å². The van der Waals surface area contributed by atoms with Gasteiger partial charge < -0.3 is 10.2 Å². The number of hydrogen-bond acceptors (Lipinski definition) is 4. The third kappa shape index (κ3) is 4.05. The smallest absolute Gasteiger partial charge is 0.223 e. The molecule has 0 spiro atoms. The van der Waals surface area contributed by atoms with Gasteiger partial charge in [0.2, 0.25) is 5.91 Å². The van der Waals surface area contributed by atoms with Crippen LogP contribution in [0.2, 0.25) is 0 Å². The number of nitrogens with one attached hydrogen (secondary N) is 1. The van der Waals surface area contributed by atoms with Crippen molar-refractivity contribution < 1.29 is 4.79 Å². The summed E-state index contributed by atoms with van der Waals surface area (Å²) in [5.41, 5.74) is 0.640. The fourth-order valence-electron chi connectivity index (χ4n) is 3.84. The van der Waals surface area contributed by atoms with Crippen molar-refractivity contribution in [3.8, 4) is 6.07 Å². The number of aromatic nitrogens is 1. The van der Waals surface area contributed by atoms with Crippen LogP contribution in [-0.4, -0.2) is 30.5 Å². The first-order valence-electron chi connectivity index (χ1n) is 9.15. The van der Waals surface area contributed by atoms with Gasteiger partial charge in [-0.1, -0.05) is 19.3 Å². The molecule has 1 aromatic rings. The lowest BCUT2D eigenvalue weighted by atomic mass is 9.88. The van der Waals surface area contributed by atoms with Gasteiger partial charge in [-0.25, -0.2) is 4.98 Å². The molecule has 0 radical (unpaired) electrons. The molecule has 0 unspecified atom stereocenters. The average Bonchev–Trinajstić information content (AvgIpc) is 2.67. The molecule has 1 aliphatic carbocycles. The van der Waals surface area contributed by atoms with Gasteiger partial charge in [-0.3, -0.25) is 4.79 Å². The Hall–Kier alpha value is -2.09. The molecule has 0 atom stereocenters.